The molecule has 1 aliphatic rings. The molecule has 8 nitrogen and oxygen atoms in total. The van der Waals surface area contributed by atoms with Crippen LogP contribution in [0.2, 0.25) is 0 Å². The van der Waals surface area contributed by atoms with E-state index in [1.807, 2.05) is 0 Å². The molecule has 0 aromatic rings. The molecule has 0 saturated carbocycles. The molecule has 1 unspecified atom stereocenters. The van der Waals surface area contributed by atoms with Crippen LogP contribution in [-0.4, -0.2) is 53.1 Å². The molecule has 0 radical (unpaired) electrons. The van der Waals surface area contributed by atoms with Crippen molar-refractivity contribution >= 4 is 35.1 Å². The zero-order chi connectivity index (χ0) is 28.9. The zero-order valence-electron chi connectivity index (χ0n) is 24.5. The van der Waals surface area contributed by atoms with E-state index in [4.69, 9.17) is 0 Å². The van der Waals surface area contributed by atoms with E-state index >= 15 is 0 Å². The monoisotopic (exact) mass is 548 g/mol. The van der Waals surface area contributed by atoms with E-state index in [9.17, 15) is 28.8 Å². The highest BCUT2D eigenvalue weighted by molar-refractivity contribution is 6.03. The van der Waals surface area contributed by atoms with E-state index in [2.05, 4.69) is 5.32 Å². The molecule has 0 spiro atoms. The number of rotatable bonds is 25. The molecular formula is C31H52N2O6. The van der Waals surface area contributed by atoms with Gasteiger partial charge in [0, 0.05) is 64.0 Å². The summed E-state index contributed by atoms with van der Waals surface area (Å²) in [5.41, 5.74) is 0. The highest BCUT2D eigenvalue weighted by Gasteiger charge is 2.35. The molecule has 39 heavy (non-hydrogen) atoms. The predicted octanol–water partition coefficient (Wildman–Crippen LogP) is 5.64. The molecule has 1 rings (SSSR count). The van der Waals surface area contributed by atoms with Gasteiger partial charge in [-0.2, -0.15) is 0 Å². The van der Waals surface area contributed by atoms with E-state index in [0.29, 0.717) is 45.1 Å². The quantitative estimate of drug-likeness (QED) is 0.117. The van der Waals surface area contributed by atoms with Gasteiger partial charge in [0.15, 0.2) is 0 Å². The first-order valence-electron chi connectivity index (χ1n) is 15.3. The van der Waals surface area contributed by atoms with Gasteiger partial charge in [0.1, 0.15) is 17.3 Å². The summed E-state index contributed by atoms with van der Waals surface area (Å²) in [5.74, 6) is 0.0212. The Hall–Kier alpha value is -2.38. The Balaban J connectivity index is 1.83. The predicted molar refractivity (Wildman–Crippen MR) is 152 cm³/mol. The average Bonchev–Trinajstić information content (AvgIpc) is 3.13. The van der Waals surface area contributed by atoms with Crippen LogP contribution in [0.5, 0.6) is 0 Å². The van der Waals surface area contributed by atoms with Gasteiger partial charge in [0.25, 0.3) is 0 Å². The summed E-state index contributed by atoms with van der Waals surface area (Å²) < 4.78 is 0. The number of hydrogen-bond acceptors (Lipinski definition) is 6. The Bertz CT molecular complexity index is 794. The molecule has 1 fully saturated rings. The molecular weight excluding hydrogens is 496 g/mol. The van der Waals surface area contributed by atoms with Crippen molar-refractivity contribution < 1.29 is 28.8 Å². The lowest BCUT2D eigenvalue weighted by molar-refractivity contribution is -0.139. The number of amides is 3. The van der Waals surface area contributed by atoms with Crippen LogP contribution in [0.1, 0.15) is 142 Å². The maximum absolute atomic E-state index is 12.0. The standard InChI is InChI=1S/C31H52N2O6/c1-25-24-30(38)33(31(25)39)23-21-28(36)17-11-9-7-5-3-4-6-8-10-12-20-29(37)32-22-15-19-27(35)18-14-13-16-26(2)34/h25H,3-24H2,1-2H3,(H,32,37). The summed E-state index contributed by atoms with van der Waals surface area (Å²) in [6, 6.07) is 0. The molecule has 0 aromatic carbocycles. The van der Waals surface area contributed by atoms with Crippen molar-refractivity contribution in [3.05, 3.63) is 0 Å². The summed E-state index contributed by atoms with van der Waals surface area (Å²) in [7, 11) is 0. The van der Waals surface area contributed by atoms with Crippen LogP contribution in [0.4, 0.5) is 0 Å². The van der Waals surface area contributed by atoms with E-state index in [1.54, 1.807) is 13.8 Å². The minimum absolute atomic E-state index is 0.0648. The number of Topliss-reactive ketones (excluding diaryl/α,β-unsaturated/α-hetero) is 3. The van der Waals surface area contributed by atoms with Crippen LogP contribution >= 0.6 is 0 Å². The van der Waals surface area contributed by atoms with Gasteiger partial charge in [-0.25, -0.2) is 0 Å². The van der Waals surface area contributed by atoms with Crippen molar-refractivity contribution in [2.24, 2.45) is 5.92 Å². The molecule has 1 heterocycles. The van der Waals surface area contributed by atoms with Crippen molar-refractivity contribution in [2.75, 3.05) is 13.1 Å². The summed E-state index contributed by atoms with van der Waals surface area (Å²) in [4.78, 5) is 71.5. The molecule has 1 aliphatic heterocycles. The lowest BCUT2D eigenvalue weighted by Crippen LogP contribution is -2.32. The van der Waals surface area contributed by atoms with E-state index in [0.717, 1.165) is 51.4 Å². The third kappa shape index (κ3) is 17.8. The van der Waals surface area contributed by atoms with Crippen LogP contribution in [0.25, 0.3) is 0 Å². The lowest BCUT2D eigenvalue weighted by atomic mass is 10.0. The van der Waals surface area contributed by atoms with Gasteiger partial charge >= 0.3 is 0 Å². The second-order valence-electron chi connectivity index (χ2n) is 11.2. The number of carbonyl (C=O) groups excluding carboxylic acids is 6. The molecule has 1 saturated heterocycles. The first-order chi connectivity index (χ1) is 18.7. The number of ketones is 3. The third-order valence-corrected chi connectivity index (χ3v) is 7.38. The van der Waals surface area contributed by atoms with Gasteiger partial charge in [0.05, 0.1) is 0 Å². The van der Waals surface area contributed by atoms with Crippen molar-refractivity contribution in [1.29, 1.82) is 0 Å². The summed E-state index contributed by atoms with van der Waals surface area (Å²) in [5, 5.41) is 2.90. The van der Waals surface area contributed by atoms with E-state index in [1.165, 1.54) is 30.6 Å². The second-order valence-corrected chi connectivity index (χ2v) is 11.2. The molecule has 3 amide bonds. The summed E-state index contributed by atoms with van der Waals surface area (Å²) >= 11 is 0. The van der Waals surface area contributed by atoms with E-state index < -0.39 is 0 Å². The number of nitrogens with one attached hydrogen (secondary N) is 1. The van der Waals surface area contributed by atoms with Gasteiger partial charge in [-0.15, -0.1) is 0 Å². The minimum atomic E-state index is -0.249. The van der Waals surface area contributed by atoms with Crippen molar-refractivity contribution in [3.8, 4) is 0 Å². The van der Waals surface area contributed by atoms with Crippen LogP contribution < -0.4 is 5.32 Å². The van der Waals surface area contributed by atoms with Gasteiger partial charge in [-0.1, -0.05) is 58.3 Å². The van der Waals surface area contributed by atoms with Crippen molar-refractivity contribution in [3.63, 3.8) is 0 Å². The first kappa shape index (κ1) is 34.6. The summed E-state index contributed by atoms with van der Waals surface area (Å²) in [6.07, 6.45) is 16.3. The van der Waals surface area contributed by atoms with Crippen LogP contribution in [0, 0.1) is 5.92 Å². The molecule has 0 bridgehead atoms. The Morgan fingerprint density at radius 3 is 1.67 bits per heavy atom. The Kier molecular flexibility index (Phi) is 19.0. The zero-order valence-corrected chi connectivity index (χ0v) is 24.5. The summed E-state index contributed by atoms with van der Waals surface area (Å²) in [6.45, 7) is 4.11. The van der Waals surface area contributed by atoms with Gasteiger partial charge in [-0.05, 0) is 39.0 Å². The van der Waals surface area contributed by atoms with Crippen molar-refractivity contribution in [2.45, 2.75) is 142 Å². The Morgan fingerprint density at radius 1 is 0.667 bits per heavy atom. The first-order valence-corrected chi connectivity index (χ1v) is 15.3. The number of likely N-dealkylation sites (tertiary alicyclic amines) is 1. The van der Waals surface area contributed by atoms with Crippen molar-refractivity contribution in [1.82, 2.24) is 10.2 Å². The van der Waals surface area contributed by atoms with Crippen LogP contribution in [0.3, 0.4) is 0 Å². The smallest absolute Gasteiger partial charge is 0.232 e. The largest absolute Gasteiger partial charge is 0.356 e. The number of carbonyl (C=O) groups is 6. The minimum Gasteiger partial charge on any atom is -0.356 e. The molecule has 222 valence electrons. The molecule has 0 aromatic heterocycles. The number of hydrogen-bond donors (Lipinski definition) is 1. The van der Waals surface area contributed by atoms with Crippen LogP contribution in [-0.2, 0) is 28.8 Å². The normalized spacial score (nSPS) is 15.1. The van der Waals surface area contributed by atoms with E-state index in [-0.39, 0.29) is 60.4 Å². The highest BCUT2D eigenvalue weighted by atomic mass is 16.2. The molecule has 8 heteroatoms. The fourth-order valence-corrected chi connectivity index (χ4v) is 4.89. The fourth-order valence-electron chi connectivity index (χ4n) is 4.89. The van der Waals surface area contributed by atoms with Crippen LogP contribution in [0.15, 0.2) is 0 Å². The number of imide groups is 1. The topological polar surface area (TPSA) is 118 Å². The van der Waals surface area contributed by atoms with Gasteiger partial charge in [0.2, 0.25) is 17.7 Å². The van der Waals surface area contributed by atoms with Gasteiger partial charge < -0.3 is 10.1 Å². The average molecular weight is 549 g/mol. The maximum atomic E-state index is 12.0. The maximum Gasteiger partial charge on any atom is 0.232 e. The second kappa shape index (κ2) is 21.4. The SMILES string of the molecule is CC(=O)CCCCC(=O)CCCNC(=O)CCCCCCCCCCCCC(=O)CCN1C(=O)CC(C)C1=O. The molecule has 1 N–H and O–H groups in total. The lowest BCUT2D eigenvalue weighted by Gasteiger charge is -2.13. The molecule has 1 atom stereocenters. The number of nitrogens with zero attached hydrogens (tertiary/aromatic N) is 1. The molecule has 0 aliphatic carbocycles. The Labute approximate surface area is 235 Å². The van der Waals surface area contributed by atoms with Gasteiger partial charge in [-0.3, -0.25) is 28.9 Å². The third-order valence-electron chi connectivity index (χ3n) is 7.38. The highest BCUT2D eigenvalue weighted by Crippen LogP contribution is 2.19. The Morgan fingerprint density at radius 2 is 1.13 bits per heavy atom. The number of unbranched alkanes of at least 4 members (excludes halogenated alkanes) is 10. The fraction of sp³-hybridized carbons (Fsp3) is 0.806.